The lowest BCUT2D eigenvalue weighted by Crippen LogP contribution is -2.00. The fourth-order valence-corrected chi connectivity index (χ4v) is 2.88. The second-order valence-electron chi connectivity index (χ2n) is 3.64. The van der Waals surface area contributed by atoms with Crippen LogP contribution < -0.4 is 0 Å². The summed E-state index contributed by atoms with van der Waals surface area (Å²) in [5.74, 6) is 6.29. The van der Waals surface area contributed by atoms with Gasteiger partial charge in [-0.1, -0.05) is 37.2 Å². The van der Waals surface area contributed by atoms with Crippen LogP contribution in [0, 0.1) is 10.1 Å². The number of carboxylic acids is 1. The van der Waals surface area contributed by atoms with Crippen molar-refractivity contribution >= 4 is 44.2 Å². The highest BCUT2D eigenvalue weighted by molar-refractivity contribution is 8.27. The predicted octanol–water partition coefficient (Wildman–Crippen LogP) is 3.63. The number of carbonyl (C=O) groups is 1. The molecule has 19 heavy (non-hydrogen) atoms. The standard InChI is InChI=1S/C10H10ClNO4S.C2H6/c1-17(2,3)8-5-6(10(13)14)4-7(9(8)11)12(15)16;1-2/h4-5H,1-2H2,3H3,(H,13,14);1-2H3. The molecule has 0 amide bonds. The van der Waals surface area contributed by atoms with E-state index in [0.717, 1.165) is 6.07 Å². The summed E-state index contributed by atoms with van der Waals surface area (Å²) in [7, 11) is -1.85. The Kier molecular flexibility index (Phi) is 6.05. The second-order valence-corrected chi connectivity index (χ2v) is 7.01. The lowest BCUT2D eigenvalue weighted by atomic mass is 10.2. The number of hydrogen-bond acceptors (Lipinski definition) is 3. The molecule has 0 aliphatic carbocycles. The Hall–Kier alpha value is -1.53. The summed E-state index contributed by atoms with van der Waals surface area (Å²) in [6.07, 6.45) is 1.67. The minimum atomic E-state index is -1.85. The van der Waals surface area contributed by atoms with Crippen LogP contribution in [0.5, 0.6) is 0 Å². The van der Waals surface area contributed by atoms with Gasteiger partial charge in [-0.2, -0.15) is 9.21 Å². The molecule has 0 aromatic heterocycles. The first-order valence-corrected chi connectivity index (χ1v) is 8.06. The molecule has 0 aliphatic rings. The lowest BCUT2D eigenvalue weighted by molar-refractivity contribution is -0.384. The van der Waals surface area contributed by atoms with Crippen LogP contribution in [0.2, 0.25) is 5.02 Å². The molecule has 0 radical (unpaired) electrons. The minimum absolute atomic E-state index is 0.0949. The van der Waals surface area contributed by atoms with E-state index in [4.69, 9.17) is 16.7 Å². The summed E-state index contributed by atoms with van der Waals surface area (Å²) in [6, 6.07) is 2.21. The Morgan fingerprint density at radius 2 is 1.89 bits per heavy atom. The Balaban J connectivity index is 0.00000154. The molecule has 0 heterocycles. The van der Waals surface area contributed by atoms with Crippen molar-refractivity contribution in [3.8, 4) is 0 Å². The largest absolute Gasteiger partial charge is 0.478 e. The van der Waals surface area contributed by atoms with Crippen LogP contribution in [-0.4, -0.2) is 34.0 Å². The van der Waals surface area contributed by atoms with Crippen molar-refractivity contribution in [2.24, 2.45) is 0 Å². The number of nitrogens with zero attached hydrogens (tertiary/aromatic N) is 1. The van der Waals surface area contributed by atoms with E-state index < -0.39 is 25.8 Å². The SMILES string of the molecule is C=S(=C)(C)c1cc(C(=O)O)cc([N+](=O)[O-])c1Cl.CC. The van der Waals surface area contributed by atoms with E-state index in [2.05, 4.69) is 11.7 Å². The van der Waals surface area contributed by atoms with Crippen LogP contribution in [0.4, 0.5) is 5.69 Å². The zero-order valence-corrected chi connectivity index (χ0v) is 12.5. The van der Waals surface area contributed by atoms with Crippen LogP contribution >= 0.6 is 20.8 Å². The average Bonchev–Trinajstić information content (AvgIpc) is 2.29. The summed E-state index contributed by atoms with van der Waals surface area (Å²) in [6.45, 7) is 4.00. The van der Waals surface area contributed by atoms with E-state index in [9.17, 15) is 14.9 Å². The highest BCUT2D eigenvalue weighted by atomic mass is 35.5. The monoisotopic (exact) mass is 305 g/mol. The average molecular weight is 306 g/mol. The van der Waals surface area contributed by atoms with Crippen molar-refractivity contribution < 1.29 is 14.8 Å². The first kappa shape index (κ1) is 17.5. The van der Waals surface area contributed by atoms with Gasteiger partial charge in [-0.15, -0.1) is 0 Å². The van der Waals surface area contributed by atoms with E-state index in [1.165, 1.54) is 6.07 Å². The van der Waals surface area contributed by atoms with Gasteiger partial charge in [0.25, 0.3) is 5.69 Å². The fraction of sp³-hybridized carbons (Fsp3) is 0.250. The third-order valence-corrected chi connectivity index (χ3v) is 3.89. The van der Waals surface area contributed by atoms with Crippen molar-refractivity contribution in [3.05, 3.63) is 32.8 Å². The number of benzene rings is 1. The Labute approximate surface area is 117 Å². The van der Waals surface area contributed by atoms with Crippen molar-refractivity contribution in [2.45, 2.75) is 18.7 Å². The fourth-order valence-electron chi connectivity index (χ4n) is 1.20. The molecule has 1 aromatic carbocycles. The summed E-state index contributed by atoms with van der Waals surface area (Å²) in [5, 5.41) is 19.6. The van der Waals surface area contributed by atoms with Gasteiger partial charge in [0, 0.05) is 11.0 Å². The molecular weight excluding hydrogens is 290 g/mol. The normalized spacial score (nSPS) is 10.3. The molecule has 0 saturated heterocycles. The minimum Gasteiger partial charge on any atom is -0.478 e. The van der Waals surface area contributed by atoms with Gasteiger partial charge in [-0.3, -0.25) is 10.1 Å². The number of nitro benzene ring substituents is 1. The highest BCUT2D eigenvalue weighted by Crippen LogP contribution is 2.40. The van der Waals surface area contributed by atoms with Gasteiger partial charge in [-0.25, -0.2) is 4.79 Å². The molecule has 1 N–H and O–H groups in total. The number of aromatic carboxylic acids is 1. The molecule has 0 spiro atoms. The molecule has 0 unspecified atom stereocenters. The molecule has 1 aromatic rings. The molecule has 0 aliphatic heterocycles. The van der Waals surface area contributed by atoms with Gasteiger partial charge in [0.2, 0.25) is 0 Å². The van der Waals surface area contributed by atoms with Crippen molar-refractivity contribution in [1.29, 1.82) is 0 Å². The van der Waals surface area contributed by atoms with E-state index in [1.807, 2.05) is 13.8 Å². The van der Waals surface area contributed by atoms with E-state index in [-0.39, 0.29) is 10.6 Å². The summed E-state index contributed by atoms with van der Waals surface area (Å²) >= 11 is 5.87. The maximum atomic E-state index is 10.9. The lowest BCUT2D eigenvalue weighted by Gasteiger charge is -2.11. The van der Waals surface area contributed by atoms with Crippen LogP contribution in [0.25, 0.3) is 0 Å². The first-order chi connectivity index (χ1) is 8.64. The predicted molar refractivity (Wildman–Crippen MR) is 82.4 cm³/mol. The Morgan fingerprint density at radius 3 is 2.21 bits per heavy atom. The van der Waals surface area contributed by atoms with Gasteiger partial charge in [0.15, 0.2) is 0 Å². The summed E-state index contributed by atoms with van der Waals surface area (Å²) in [5.41, 5.74) is -0.630. The van der Waals surface area contributed by atoms with Crippen molar-refractivity contribution in [2.75, 3.05) is 6.26 Å². The zero-order chi connectivity index (χ0) is 15.4. The number of nitro groups is 1. The number of carboxylic acid groups (broad SMARTS) is 1. The van der Waals surface area contributed by atoms with Crippen molar-refractivity contribution in [3.63, 3.8) is 0 Å². The van der Waals surface area contributed by atoms with Crippen LogP contribution in [0.3, 0.4) is 0 Å². The molecule has 106 valence electrons. The third kappa shape index (κ3) is 4.25. The number of hydrogen-bond donors (Lipinski definition) is 1. The number of rotatable bonds is 3. The molecule has 0 saturated carbocycles. The molecule has 0 atom stereocenters. The van der Waals surface area contributed by atoms with Gasteiger partial charge in [-0.05, 0) is 12.3 Å². The van der Waals surface area contributed by atoms with E-state index >= 15 is 0 Å². The molecule has 5 nitrogen and oxygen atoms in total. The van der Waals surface area contributed by atoms with Gasteiger partial charge in [0.1, 0.15) is 5.02 Å². The van der Waals surface area contributed by atoms with Crippen LogP contribution in [0.15, 0.2) is 17.0 Å². The Bertz CT molecular complexity index is 608. The third-order valence-electron chi connectivity index (χ3n) is 1.99. The summed E-state index contributed by atoms with van der Waals surface area (Å²) in [4.78, 5) is 21.2. The first-order valence-electron chi connectivity index (χ1n) is 5.30. The van der Waals surface area contributed by atoms with Gasteiger partial charge in [0.05, 0.1) is 10.5 Å². The van der Waals surface area contributed by atoms with Gasteiger partial charge < -0.3 is 5.11 Å². The Morgan fingerprint density at radius 1 is 1.42 bits per heavy atom. The van der Waals surface area contributed by atoms with Gasteiger partial charge >= 0.3 is 5.97 Å². The molecule has 1 rings (SSSR count). The maximum Gasteiger partial charge on any atom is 0.335 e. The van der Waals surface area contributed by atoms with Crippen molar-refractivity contribution in [1.82, 2.24) is 0 Å². The van der Waals surface area contributed by atoms with E-state index in [1.54, 1.807) is 6.26 Å². The molecule has 0 fully saturated rings. The topological polar surface area (TPSA) is 80.4 Å². The summed E-state index contributed by atoms with van der Waals surface area (Å²) < 4.78 is 0. The zero-order valence-electron chi connectivity index (χ0n) is 11.0. The number of halogens is 1. The van der Waals surface area contributed by atoms with Crippen LogP contribution in [-0.2, 0) is 0 Å². The highest BCUT2D eigenvalue weighted by Gasteiger charge is 2.21. The van der Waals surface area contributed by atoms with E-state index in [0.29, 0.717) is 4.90 Å². The smallest absolute Gasteiger partial charge is 0.335 e. The molecule has 7 heteroatoms. The second kappa shape index (κ2) is 6.58. The quantitative estimate of drug-likeness (QED) is 0.525. The molecule has 0 bridgehead atoms. The van der Waals surface area contributed by atoms with Crippen LogP contribution in [0.1, 0.15) is 24.2 Å². The maximum absolute atomic E-state index is 10.9. The molecular formula is C12H16ClNO4S.